The van der Waals surface area contributed by atoms with E-state index in [4.69, 9.17) is 14.2 Å². The van der Waals surface area contributed by atoms with Crippen LogP contribution in [-0.4, -0.2) is 48.6 Å². The van der Waals surface area contributed by atoms with Crippen molar-refractivity contribution in [1.82, 2.24) is 0 Å². The fourth-order valence-corrected chi connectivity index (χ4v) is 7.12. The molecule has 1 unspecified atom stereocenters. The first-order valence-electron chi connectivity index (χ1n) is 26.4. The zero-order chi connectivity index (χ0) is 47.4. The van der Waals surface area contributed by atoms with Gasteiger partial charge in [-0.1, -0.05) is 202 Å². The zero-order valence-electron chi connectivity index (χ0n) is 41.8. The summed E-state index contributed by atoms with van der Waals surface area (Å²) in [7, 11) is 0. The van der Waals surface area contributed by atoms with Crippen molar-refractivity contribution >= 4 is 17.9 Å². The average molecular weight is 909 g/mol. The van der Waals surface area contributed by atoms with Gasteiger partial charge in [-0.25, -0.2) is 9.68 Å². The molecule has 0 spiro atoms. The first-order chi connectivity index (χ1) is 32.0. The minimum atomic E-state index is -0.906. The number of unbranched alkanes of at least 4 members (excludes halogenated alkanes) is 21. The summed E-state index contributed by atoms with van der Waals surface area (Å²) >= 11 is 0. The maximum Gasteiger partial charge on any atom is 0.331 e. The van der Waals surface area contributed by atoms with E-state index >= 15 is 0 Å². The highest BCUT2D eigenvalue weighted by molar-refractivity contribution is 5.82. The normalized spacial score (nSPS) is 12.8. The Labute approximate surface area is 398 Å². The summed E-state index contributed by atoms with van der Waals surface area (Å²) in [5, 5.41) is 9.26. The van der Waals surface area contributed by atoms with Crippen LogP contribution in [-0.2, 0) is 33.5 Å². The molecule has 0 bridgehead atoms. The van der Waals surface area contributed by atoms with Gasteiger partial charge in [-0.05, 0) is 96.3 Å². The molecule has 1 atom stereocenters. The minimum Gasteiger partial charge on any atom is -0.462 e. The van der Waals surface area contributed by atoms with E-state index in [1.807, 2.05) is 18.2 Å². The molecule has 0 radical (unpaired) electrons. The predicted molar refractivity (Wildman–Crippen MR) is 273 cm³/mol. The van der Waals surface area contributed by atoms with Crippen molar-refractivity contribution in [1.29, 1.82) is 0 Å². The zero-order valence-corrected chi connectivity index (χ0v) is 41.8. The Bertz CT molecular complexity index is 1230. The number of allylic oxidation sites excluding steroid dienone is 13. The molecule has 8 nitrogen and oxygen atoms in total. The van der Waals surface area contributed by atoms with Crippen LogP contribution in [0.15, 0.2) is 85.1 Å². The van der Waals surface area contributed by atoms with E-state index in [1.54, 1.807) is 12.2 Å². The summed E-state index contributed by atoms with van der Waals surface area (Å²) < 4.78 is 16.6. The van der Waals surface area contributed by atoms with E-state index < -0.39 is 12.1 Å². The lowest BCUT2D eigenvalue weighted by atomic mass is 10.0. The molecule has 0 aromatic carbocycles. The lowest BCUT2D eigenvalue weighted by Crippen LogP contribution is -2.30. The molecule has 65 heavy (non-hydrogen) atoms. The molecule has 0 fully saturated rings. The molecule has 0 aromatic heterocycles. The van der Waals surface area contributed by atoms with Crippen LogP contribution in [0.4, 0.5) is 0 Å². The molecule has 372 valence electrons. The van der Waals surface area contributed by atoms with E-state index in [-0.39, 0.29) is 31.3 Å². The maximum atomic E-state index is 12.7. The largest absolute Gasteiger partial charge is 0.462 e. The van der Waals surface area contributed by atoms with Gasteiger partial charge >= 0.3 is 17.9 Å². The maximum absolute atomic E-state index is 12.7. The lowest BCUT2D eigenvalue weighted by molar-refractivity contribution is -0.281. The first-order valence-corrected chi connectivity index (χ1v) is 26.4. The number of carbonyl (C=O) groups is 3. The number of carbonyl (C=O) groups excluding carboxylic acids is 3. The molecule has 0 aliphatic heterocycles. The standard InChI is InChI=1S/C57H96O8/c1-4-7-10-13-16-18-20-22-24-26-28-30-32-38-43-48-55(58)62-51-54(52-63-56(59)49-44-39-33-31-29-27-25-23-21-19-17-14-11-8-5-2)64-57(60)50-45-40-35-34-37-42-47-53(65-61)46-41-36-15-12-9-6-3/h16-19,22-25,34-35,37,40,45,50,53-54,61H,4-15,20-21,26-33,36,38-39,41-44,46-49,51-52H2,1-3H3/b18-16-,19-17-,24-22-,25-23-,37-34?,40-35?,50-45?. The van der Waals surface area contributed by atoms with Crippen LogP contribution in [0.25, 0.3) is 0 Å². The first kappa shape index (κ1) is 61.5. The van der Waals surface area contributed by atoms with E-state index in [2.05, 4.69) is 74.3 Å². The second-order valence-corrected chi connectivity index (χ2v) is 17.4. The van der Waals surface area contributed by atoms with Crippen molar-refractivity contribution < 1.29 is 38.7 Å². The van der Waals surface area contributed by atoms with Crippen LogP contribution < -0.4 is 0 Å². The molecular weight excluding hydrogens is 813 g/mol. The molecule has 0 aliphatic rings. The average Bonchev–Trinajstić information content (AvgIpc) is 3.31. The topological polar surface area (TPSA) is 108 Å². The SMILES string of the molecule is CCCCC/C=C\C/C=C\CCCCCCCC(=O)OCC(COC(=O)CCCCCCC/C=C\C/C=C\CCCCC)OC(=O)C=CC=CC=CCCC(CCCCCCCC)OO. The van der Waals surface area contributed by atoms with Crippen LogP contribution in [0.1, 0.15) is 233 Å². The second kappa shape index (κ2) is 51.5. The number of hydrogen-bond donors (Lipinski definition) is 1. The summed E-state index contributed by atoms with van der Waals surface area (Å²) in [6.45, 7) is 6.32. The summed E-state index contributed by atoms with van der Waals surface area (Å²) in [6.07, 6.45) is 61.8. The van der Waals surface area contributed by atoms with Crippen LogP contribution in [0.3, 0.4) is 0 Å². The molecule has 8 heteroatoms. The highest BCUT2D eigenvalue weighted by Crippen LogP contribution is 2.15. The van der Waals surface area contributed by atoms with Gasteiger partial charge in [-0.2, -0.15) is 0 Å². The van der Waals surface area contributed by atoms with Gasteiger partial charge in [0.05, 0.1) is 6.10 Å². The smallest absolute Gasteiger partial charge is 0.331 e. The molecule has 0 aromatic rings. The molecular formula is C57H96O8. The predicted octanol–water partition coefficient (Wildman–Crippen LogP) is 16.7. The van der Waals surface area contributed by atoms with Gasteiger partial charge < -0.3 is 14.2 Å². The Hall–Kier alpha value is -3.49. The number of ether oxygens (including phenoxy) is 3. The van der Waals surface area contributed by atoms with Gasteiger partial charge in [0.15, 0.2) is 6.10 Å². The Morgan fingerprint density at radius 3 is 1.32 bits per heavy atom. The third kappa shape index (κ3) is 48.3. The van der Waals surface area contributed by atoms with Gasteiger partial charge in [-0.3, -0.25) is 14.8 Å². The third-order valence-electron chi connectivity index (χ3n) is 11.2. The van der Waals surface area contributed by atoms with Crippen LogP contribution in [0, 0.1) is 0 Å². The molecule has 0 saturated carbocycles. The Kier molecular flexibility index (Phi) is 48.7. The Morgan fingerprint density at radius 2 is 0.831 bits per heavy atom. The van der Waals surface area contributed by atoms with Gasteiger partial charge in [0.1, 0.15) is 13.2 Å². The summed E-state index contributed by atoms with van der Waals surface area (Å²) in [5.74, 6) is -1.31. The second-order valence-electron chi connectivity index (χ2n) is 17.4. The van der Waals surface area contributed by atoms with E-state index in [0.717, 1.165) is 122 Å². The van der Waals surface area contributed by atoms with Crippen molar-refractivity contribution in [2.45, 2.75) is 245 Å². The van der Waals surface area contributed by atoms with E-state index in [0.29, 0.717) is 12.8 Å². The summed E-state index contributed by atoms with van der Waals surface area (Å²) in [4.78, 5) is 42.6. The molecule has 0 saturated heterocycles. The van der Waals surface area contributed by atoms with E-state index in [1.165, 1.54) is 83.1 Å². The number of esters is 3. The molecule has 0 amide bonds. The number of rotatable bonds is 47. The van der Waals surface area contributed by atoms with Gasteiger partial charge in [0.2, 0.25) is 0 Å². The third-order valence-corrected chi connectivity index (χ3v) is 11.2. The molecule has 1 N–H and O–H groups in total. The van der Waals surface area contributed by atoms with Crippen molar-refractivity contribution in [2.24, 2.45) is 0 Å². The molecule has 0 heterocycles. The van der Waals surface area contributed by atoms with Crippen molar-refractivity contribution in [2.75, 3.05) is 13.2 Å². The summed E-state index contributed by atoms with van der Waals surface area (Å²) in [5.41, 5.74) is 0. The van der Waals surface area contributed by atoms with E-state index in [9.17, 15) is 19.6 Å². The van der Waals surface area contributed by atoms with Crippen molar-refractivity contribution in [3.63, 3.8) is 0 Å². The van der Waals surface area contributed by atoms with Crippen molar-refractivity contribution in [3.8, 4) is 0 Å². The number of hydrogen-bond acceptors (Lipinski definition) is 8. The fraction of sp³-hybridized carbons (Fsp3) is 0.702. The van der Waals surface area contributed by atoms with Crippen LogP contribution >= 0.6 is 0 Å². The van der Waals surface area contributed by atoms with Gasteiger partial charge in [0.25, 0.3) is 0 Å². The van der Waals surface area contributed by atoms with Crippen molar-refractivity contribution in [3.05, 3.63) is 85.1 Å². The van der Waals surface area contributed by atoms with Crippen LogP contribution in [0.2, 0.25) is 0 Å². The Morgan fingerprint density at radius 1 is 0.415 bits per heavy atom. The Balaban J connectivity index is 4.68. The highest BCUT2D eigenvalue weighted by Gasteiger charge is 2.18. The highest BCUT2D eigenvalue weighted by atomic mass is 17.1. The lowest BCUT2D eigenvalue weighted by Gasteiger charge is -2.17. The minimum absolute atomic E-state index is 0.160. The fourth-order valence-electron chi connectivity index (χ4n) is 7.12. The van der Waals surface area contributed by atoms with Gasteiger partial charge in [-0.15, -0.1) is 0 Å². The quantitative estimate of drug-likeness (QED) is 0.00940. The van der Waals surface area contributed by atoms with Crippen LogP contribution in [0.5, 0.6) is 0 Å². The molecule has 0 rings (SSSR count). The monoisotopic (exact) mass is 909 g/mol. The summed E-state index contributed by atoms with van der Waals surface area (Å²) in [6, 6.07) is 0. The van der Waals surface area contributed by atoms with Gasteiger partial charge in [0, 0.05) is 18.9 Å². The molecule has 0 aliphatic carbocycles.